The summed E-state index contributed by atoms with van der Waals surface area (Å²) < 4.78 is 14.4. The number of ether oxygens (including phenoxy) is 3. The zero-order valence-corrected chi connectivity index (χ0v) is 9.61. The van der Waals surface area contributed by atoms with Gasteiger partial charge in [0.1, 0.15) is 6.61 Å². The van der Waals surface area contributed by atoms with E-state index in [-0.39, 0.29) is 12.7 Å². The van der Waals surface area contributed by atoms with Gasteiger partial charge >= 0.3 is 11.9 Å². The van der Waals surface area contributed by atoms with Gasteiger partial charge in [0.15, 0.2) is 5.92 Å². The maximum Gasteiger partial charge on any atom is 0.320 e. The van der Waals surface area contributed by atoms with E-state index in [0.29, 0.717) is 0 Å². The quantitative estimate of drug-likeness (QED) is 0.486. The molecule has 0 rings (SSSR count). The fraction of sp³-hybridized carbons (Fsp3) is 0.800. The molecular formula is C10H18O5. The van der Waals surface area contributed by atoms with Gasteiger partial charge in [-0.15, -0.1) is 0 Å². The van der Waals surface area contributed by atoms with Crippen LogP contribution in [0.15, 0.2) is 0 Å². The molecule has 0 aromatic rings. The molecule has 0 aliphatic rings. The molecule has 0 saturated carbocycles. The minimum atomic E-state index is -0.885. The zero-order valence-electron chi connectivity index (χ0n) is 9.61. The highest BCUT2D eigenvalue weighted by atomic mass is 16.6. The van der Waals surface area contributed by atoms with Gasteiger partial charge in [-0.3, -0.25) is 9.59 Å². The lowest BCUT2D eigenvalue weighted by Crippen LogP contribution is -2.28. The number of esters is 2. The highest BCUT2D eigenvalue weighted by Crippen LogP contribution is 2.04. The smallest absolute Gasteiger partial charge is 0.320 e. The van der Waals surface area contributed by atoms with Gasteiger partial charge in [0.05, 0.1) is 13.2 Å². The maximum atomic E-state index is 11.3. The molecule has 0 N–H and O–H groups in total. The van der Waals surface area contributed by atoms with Crippen molar-refractivity contribution in [1.29, 1.82) is 0 Å². The molecule has 0 aromatic carbocycles. The van der Waals surface area contributed by atoms with Crippen molar-refractivity contribution in [2.75, 3.05) is 20.8 Å². The molecule has 0 aliphatic carbocycles. The predicted octanol–water partition coefficient (Wildman–Crippen LogP) is 0.764. The summed E-state index contributed by atoms with van der Waals surface area (Å²) in [5.74, 6) is -2.06. The number of carbonyl (C=O) groups excluding carboxylic acids is 2. The number of carbonyl (C=O) groups is 2. The molecule has 0 aromatic heterocycles. The number of hydrogen-bond acceptors (Lipinski definition) is 5. The third kappa shape index (κ3) is 4.78. The van der Waals surface area contributed by atoms with Crippen LogP contribution in [0, 0.1) is 5.92 Å². The van der Waals surface area contributed by atoms with Crippen LogP contribution in [0.4, 0.5) is 0 Å². The van der Waals surface area contributed by atoms with Crippen molar-refractivity contribution >= 4 is 11.9 Å². The van der Waals surface area contributed by atoms with Crippen molar-refractivity contribution in [3.05, 3.63) is 0 Å². The first-order chi connectivity index (χ1) is 7.06. The van der Waals surface area contributed by atoms with E-state index in [1.165, 1.54) is 14.0 Å². The van der Waals surface area contributed by atoms with E-state index >= 15 is 0 Å². The number of hydrogen-bond donors (Lipinski definition) is 0. The van der Waals surface area contributed by atoms with Crippen molar-refractivity contribution in [2.45, 2.75) is 26.4 Å². The normalized spacial score (nSPS) is 14.1. The van der Waals surface area contributed by atoms with Crippen LogP contribution in [0.1, 0.15) is 20.3 Å². The molecule has 0 radical (unpaired) electrons. The molecule has 0 aliphatic heterocycles. The summed E-state index contributed by atoms with van der Waals surface area (Å²) in [6.07, 6.45) is 0.620. The molecule has 0 bridgehead atoms. The Bertz CT molecular complexity index is 210. The molecule has 0 spiro atoms. The molecule has 88 valence electrons. The first-order valence-electron chi connectivity index (χ1n) is 4.84. The Morgan fingerprint density at radius 2 is 1.80 bits per heavy atom. The Hall–Kier alpha value is -1.10. The third-order valence-electron chi connectivity index (χ3n) is 2.11. The van der Waals surface area contributed by atoms with Gasteiger partial charge in [-0.1, -0.05) is 6.92 Å². The maximum absolute atomic E-state index is 11.3. The monoisotopic (exact) mass is 218 g/mol. The number of rotatable bonds is 6. The topological polar surface area (TPSA) is 61.8 Å². The Morgan fingerprint density at radius 1 is 1.20 bits per heavy atom. The first-order valence-corrected chi connectivity index (χ1v) is 4.84. The average molecular weight is 218 g/mol. The molecule has 0 fully saturated rings. The lowest BCUT2D eigenvalue weighted by Gasteiger charge is -2.14. The standard InChI is InChI=1S/C10H18O5/c1-5-8(13-3)6-15-10(12)7(2)9(11)14-4/h7-8H,5-6H2,1-4H3. The molecule has 0 heterocycles. The Kier molecular flexibility index (Phi) is 6.70. The summed E-state index contributed by atoms with van der Waals surface area (Å²) in [5, 5.41) is 0. The largest absolute Gasteiger partial charge is 0.468 e. The molecule has 0 amide bonds. The molecule has 5 heteroatoms. The van der Waals surface area contributed by atoms with E-state index in [9.17, 15) is 9.59 Å². The summed E-state index contributed by atoms with van der Waals surface area (Å²) in [5.41, 5.74) is 0. The van der Waals surface area contributed by atoms with E-state index in [0.717, 1.165) is 6.42 Å². The van der Waals surface area contributed by atoms with Crippen LogP contribution in [-0.4, -0.2) is 38.9 Å². The minimum Gasteiger partial charge on any atom is -0.468 e. The first kappa shape index (κ1) is 13.9. The van der Waals surface area contributed by atoms with E-state index in [1.807, 2.05) is 6.92 Å². The second-order valence-corrected chi connectivity index (χ2v) is 3.14. The fourth-order valence-corrected chi connectivity index (χ4v) is 0.926. The van der Waals surface area contributed by atoms with Gasteiger partial charge in [-0.05, 0) is 13.3 Å². The van der Waals surface area contributed by atoms with Crippen LogP contribution in [-0.2, 0) is 23.8 Å². The van der Waals surface area contributed by atoms with Gasteiger partial charge in [0.2, 0.25) is 0 Å². The van der Waals surface area contributed by atoms with Crippen molar-refractivity contribution in [3.8, 4) is 0 Å². The number of methoxy groups -OCH3 is 2. The Balaban J connectivity index is 3.97. The highest BCUT2D eigenvalue weighted by Gasteiger charge is 2.24. The molecule has 0 saturated heterocycles. The van der Waals surface area contributed by atoms with Gasteiger partial charge in [-0.2, -0.15) is 0 Å². The van der Waals surface area contributed by atoms with Gasteiger partial charge in [0, 0.05) is 7.11 Å². The van der Waals surface area contributed by atoms with Crippen molar-refractivity contribution < 1.29 is 23.8 Å². The van der Waals surface area contributed by atoms with E-state index in [4.69, 9.17) is 9.47 Å². The molecule has 5 nitrogen and oxygen atoms in total. The van der Waals surface area contributed by atoms with Crippen LogP contribution in [0.25, 0.3) is 0 Å². The molecule has 2 unspecified atom stereocenters. The Morgan fingerprint density at radius 3 is 2.20 bits per heavy atom. The minimum absolute atomic E-state index is 0.126. The average Bonchev–Trinajstić information content (AvgIpc) is 2.27. The van der Waals surface area contributed by atoms with E-state index in [1.54, 1.807) is 7.11 Å². The fourth-order valence-electron chi connectivity index (χ4n) is 0.926. The molecular weight excluding hydrogens is 200 g/mol. The summed E-state index contributed by atoms with van der Waals surface area (Å²) in [6.45, 7) is 3.53. The zero-order chi connectivity index (χ0) is 11.8. The van der Waals surface area contributed by atoms with Crippen LogP contribution >= 0.6 is 0 Å². The van der Waals surface area contributed by atoms with E-state index in [2.05, 4.69) is 4.74 Å². The van der Waals surface area contributed by atoms with Gasteiger partial charge in [0.25, 0.3) is 0 Å². The molecule has 15 heavy (non-hydrogen) atoms. The third-order valence-corrected chi connectivity index (χ3v) is 2.11. The summed E-state index contributed by atoms with van der Waals surface area (Å²) >= 11 is 0. The van der Waals surface area contributed by atoms with Gasteiger partial charge in [-0.25, -0.2) is 0 Å². The van der Waals surface area contributed by atoms with Crippen molar-refractivity contribution in [2.24, 2.45) is 5.92 Å². The SMILES string of the molecule is CCC(COC(=O)C(C)C(=O)OC)OC. The lowest BCUT2D eigenvalue weighted by atomic mass is 10.2. The van der Waals surface area contributed by atoms with Crippen molar-refractivity contribution in [1.82, 2.24) is 0 Å². The lowest BCUT2D eigenvalue weighted by molar-refractivity contribution is -0.161. The van der Waals surface area contributed by atoms with Crippen LogP contribution in [0.3, 0.4) is 0 Å². The summed E-state index contributed by atoms with van der Waals surface area (Å²) in [6, 6.07) is 0. The molecule has 2 atom stereocenters. The Labute approximate surface area is 89.7 Å². The second-order valence-electron chi connectivity index (χ2n) is 3.14. The van der Waals surface area contributed by atoms with Crippen LogP contribution in [0.5, 0.6) is 0 Å². The summed E-state index contributed by atoms with van der Waals surface area (Å²) in [7, 11) is 2.78. The van der Waals surface area contributed by atoms with Crippen LogP contribution < -0.4 is 0 Å². The van der Waals surface area contributed by atoms with E-state index < -0.39 is 17.9 Å². The van der Waals surface area contributed by atoms with Crippen LogP contribution in [0.2, 0.25) is 0 Å². The second kappa shape index (κ2) is 7.23. The highest BCUT2D eigenvalue weighted by molar-refractivity contribution is 5.94. The predicted molar refractivity (Wildman–Crippen MR) is 53.2 cm³/mol. The van der Waals surface area contributed by atoms with Gasteiger partial charge < -0.3 is 14.2 Å². The summed E-state index contributed by atoms with van der Waals surface area (Å²) in [4.78, 5) is 22.3. The van der Waals surface area contributed by atoms with Crippen molar-refractivity contribution in [3.63, 3.8) is 0 Å².